The van der Waals surface area contributed by atoms with E-state index < -0.39 is 0 Å². The zero-order chi connectivity index (χ0) is 18.6. The molecule has 0 unspecified atom stereocenters. The average Bonchev–Trinajstić information content (AvgIpc) is 2.69. The minimum Gasteiger partial charge on any atom is -0.489 e. The highest BCUT2D eigenvalue weighted by molar-refractivity contribution is 5.24. The van der Waals surface area contributed by atoms with Crippen molar-refractivity contribution in [3.05, 3.63) is 65.7 Å². The van der Waals surface area contributed by atoms with Crippen LogP contribution in [0.1, 0.15) is 30.9 Å². The fourth-order valence-corrected chi connectivity index (χ4v) is 3.08. The van der Waals surface area contributed by atoms with Crippen molar-refractivity contribution in [2.24, 2.45) is 0 Å². The van der Waals surface area contributed by atoms with Crippen molar-refractivity contribution in [1.29, 1.82) is 0 Å². The van der Waals surface area contributed by atoms with E-state index in [4.69, 9.17) is 4.74 Å². The molecule has 2 aromatic rings. The minimum atomic E-state index is 0.132. The van der Waals surface area contributed by atoms with Gasteiger partial charge in [-0.05, 0) is 49.1 Å². The molecule has 4 heteroatoms. The summed E-state index contributed by atoms with van der Waals surface area (Å²) < 4.78 is 5.77. The molecule has 0 saturated heterocycles. The van der Waals surface area contributed by atoms with E-state index in [0.29, 0.717) is 13.2 Å². The molecule has 2 rings (SSSR count). The lowest BCUT2D eigenvalue weighted by molar-refractivity contribution is 0.0980. The van der Waals surface area contributed by atoms with Crippen molar-refractivity contribution < 1.29 is 14.9 Å². The SMILES string of the molecule is CC[C@H](CO)N(CCO)CCCc1ccc(COc2ccccc2)cc1. The molecule has 26 heavy (non-hydrogen) atoms. The number of aryl methyl sites for hydroxylation is 1. The molecule has 0 bridgehead atoms. The molecular formula is C22H31NO3. The van der Waals surface area contributed by atoms with E-state index in [1.807, 2.05) is 30.3 Å². The highest BCUT2D eigenvalue weighted by Crippen LogP contribution is 2.13. The second-order valence-electron chi connectivity index (χ2n) is 6.53. The van der Waals surface area contributed by atoms with Gasteiger partial charge in [-0.3, -0.25) is 4.90 Å². The minimum absolute atomic E-state index is 0.132. The largest absolute Gasteiger partial charge is 0.489 e. The van der Waals surface area contributed by atoms with E-state index in [0.717, 1.165) is 37.1 Å². The normalized spacial score (nSPS) is 12.3. The van der Waals surface area contributed by atoms with Gasteiger partial charge in [-0.1, -0.05) is 49.4 Å². The van der Waals surface area contributed by atoms with Gasteiger partial charge in [-0.15, -0.1) is 0 Å². The van der Waals surface area contributed by atoms with Gasteiger partial charge in [-0.2, -0.15) is 0 Å². The van der Waals surface area contributed by atoms with Gasteiger partial charge in [-0.25, -0.2) is 0 Å². The fourth-order valence-electron chi connectivity index (χ4n) is 3.08. The monoisotopic (exact) mass is 357 g/mol. The number of nitrogens with zero attached hydrogens (tertiary/aromatic N) is 1. The van der Waals surface area contributed by atoms with Crippen LogP contribution in [-0.2, 0) is 13.0 Å². The van der Waals surface area contributed by atoms with Crippen LogP contribution in [0, 0.1) is 0 Å². The maximum Gasteiger partial charge on any atom is 0.119 e. The smallest absolute Gasteiger partial charge is 0.119 e. The summed E-state index contributed by atoms with van der Waals surface area (Å²) in [4.78, 5) is 2.18. The molecule has 0 saturated carbocycles. The summed E-state index contributed by atoms with van der Waals surface area (Å²) in [5.74, 6) is 0.884. The third-order valence-electron chi connectivity index (χ3n) is 4.67. The topological polar surface area (TPSA) is 52.9 Å². The number of hydrogen-bond donors (Lipinski definition) is 2. The van der Waals surface area contributed by atoms with Crippen molar-refractivity contribution in [2.75, 3.05) is 26.3 Å². The Labute approximate surface area is 157 Å². The molecule has 0 aliphatic carbocycles. The summed E-state index contributed by atoms with van der Waals surface area (Å²) in [5.41, 5.74) is 2.46. The van der Waals surface area contributed by atoms with E-state index in [1.165, 1.54) is 5.56 Å². The number of benzene rings is 2. The summed E-state index contributed by atoms with van der Waals surface area (Å²) in [5, 5.41) is 18.7. The number of aliphatic hydroxyl groups excluding tert-OH is 2. The van der Waals surface area contributed by atoms with Crippen LogP contribution < -0.4 is 4.74 Å². The average molecular weight is 357 g/mol. The second-order valence-corrected chi connectivity index (χ2v) is 6.53. The molecule has 2 N–H and O–H groups in total. The molecule has 4 nitrogen and oxygen atoms in total. The molecule has 0 aliphatic rings. The molecule has 0 aromatic heterocycles. The Balaban J connectivity index is 1.77. The zero-order valence-electron chi connectivity index (χ0n) is 15.7. The summed E-state index contributed by atoms with van der Waals surface area (Å²) in [6, 6.07) is 18.5. The quantitative estimate of drug-likeness (QED) is 0.612. The maximum atomic E-state index is 9.47. The number of aliphatic hydroxyl groups is 2. The summed E-state index contributed by atoms with van der Waals surface area (Å²) >= 11 is 0. The lowest BCUT2D eigenvalue weighted by Crippen LogP contribution is -2.40. The van der Waals surface area contributed by atoms with Gasteiger partial charge in [0, 0.05) is 12.6 Å². The van der Waals surface area contributed by atoms with Crippen LogP contribution in [0.2, 0.25) is 0 Å². The van der Waals surface area contributed by atoms with Gasteiger partial charge in [0.1, 0.15) is 12.4 Å². The molecule has 0 amide bonds. The maximum absolute atomic E-state index is 9.47. The van der Waals surface area contributed by atoms with Gasteiger partial charge >= 0.3 is 0 Å². The van der Waals surface area contributed by atoms with E-state index >= 15 is 0 Å². The van der Waals surface area contributed by atoms with Crippen LogP contribution in [0.25, 0.3) is 0 Å². The molecule has 0 heterocycles. The molecule has 0 fully saturated rings. The van der Waals surface area contributed by atoms with Crippen LogP contribution in [-0.4, -0.2) is 47.5 Å². The Hall–Kier alpha value is -1.88. The number of rotatable bonds is 12. The molecule has 1 atom stereocenters. The molecule has 0 spiro atoms. The van der Waals surface area contributed by atoms with E-state index in [1.54, 1.807) is 0 Å². The molecule has 0 aliphatic heterocycles. The summed E-state index contributed by atoms with van der Waals surface area (Å²) in [6.45, 7) is 4.43. The van der Waals surface area contributed by atoms with Crippen LogP contribution in [0.4, 0.5) is 0 Å². The van der Waals surface area contributed by atoms with Crippen LogP contribution >= 0.6 is 0 Å². The Kier molecular flexibility index (Phi) is 9.18. The van der Waals surface area contributed by atoms with Crippen molar-refractivity contribution in [3.63, 3.8) is 0 Å². The van der Waals surface area contributed by atoms with Gasteiger partial charge in [0.2, 0.25) is 0 Å². The number of hydrogen-bond acceptors (Lipinski definition) is 4. The van der Waals surface area contributed by atoms with E-state index in [-0.39, 0.29) is 19.3 Å². The Morgan fingerprint density at radius 1 is 0.923 bits per heavy atom. The van der Waals surface area contributed by atoms with Gasteiger partial charge in [0.15, 0.2) is 0 Å². The predicted octanol–water partition coefficient (Wildman–Crippen LogP) is 3.26. The van der Waals surface area contributed by atoms with Crippen LogP contribution in [0.5, 0.6) is 5.75 Å². The highest BCUT2D eigenvalue weighted by Gasteiger charge is 2.14. The van der Waals surface area contributed by atoms with Gasteiger partial charge < -0.3 is 14.9 Å². The number of para-hydroxylation sites is 1. The van der Waals surface area contributed by atoms with Gasteiger partial charge in [0.05, 0.1) is 13.2 Å². The first kappa shape index (κ1) is 20.4. The molecular weight excluding hydrogens is 326 g/mol. The van der Waals surface area contributed by atoms with Crippen molar-refractivity contribution >= 4 is 0 Å². The lowest BCUT2D eigenvalue weighted by atomic mass is 10.1. The first-order chi connectivity index (χ1) is 12.8. The first-order valence-electron chi connectivity index (χ1n) is 9.48. The van der Waals surface area contributed by atoms with E-state index in [2.05, 4.69) is 36.1 Å². The predicted molar refractivity (Wildman–Crippen MR) is 105 cm³/mol. The third kappa shape index (κ3) is 6.79. The standard InChI is InChI=1S/C22H31NO3/c1-2-21(17-25)23(15-16-24)14-6-7-19-10-12-20(13-11-19)18-26-22-8-4-3-5-9-22/h3-5,8-13,21,24-25H,2,6-7,14-18H2,1H3/t21-/m1/s1. The van der Waals surface area contributed by atoms with Gasteiger partial charge in [0.25, 0.3) is 0 Å². The lowest BCUT2D eigenvalue weighted by Gasteiger charge is -2.29. The Bertz CT molecular complexity index is 597. The fraction of sp³-hybridized carbons (Fsp3) is 0.455. The van der Waals surface area contributed by atoms with Crippen LogP contribution in [0.3, 0.4) is 0 Å². The molecule has 142 valence electrons. The third-order valence-corrected chi connectivity index (χ3v) is 4.67. The summed E-state index contributed by atoms with van der Waals surface area (Å²) in [6.07, 6.45) is 2.90. The second kappa shape index (κ2) is 11.7. The highest BCUT2D eigenvalue weighted by atomic mass is 16.5. The van der Waals surface area contributed by atoms with Crippen molar-refractivity contribution in [2.45, 2.75) is 38.8 Å². The molecule has 0 radical (unpaired) electrons. The van der Waals surface area contributed by atoms with Crippen molar-refractivity contribution in [1.82, 2.24) is 4.90 Å². The van der Waals surface area contributed by atoms with Crippen LogP contribution in [0.15, 0.2) is 54.6 Å². The summed E-state index contributed by atoms with van der Waals surface area (Å²) in [7, 11) is 0. The van der Waals surface area contributed by atoms with Crippen molar-refractivity contribution in [3.8, 4) is 5.75 Å². The zero-order valence-corrected chi connectivity index (χ0v) is 15.7. The Morgan fingerprint density at radius 3 is 2.23 bits per heavy atom. The molecule has 2 aromatic carbocycles. The number of ether oxygens (including phenoxy) is 1. The first-order valence-corrected chi connectivity index (χ1v) is 9.48. The Morgan fingerprint density at radius 2 is 1.62 bits per heavy atom. The van der Waals surface area contributed by atoms with E-state index in [9.17, 15) is 10.2 Å².